The van der Waals surface area contributed by atoms with Gasteiger partial charge in [-0.25, -0.2) is 0 Å². The fourth-order valence-electron chi connectivity index (χ4n) is 3.43. The van der Waals surface area contributed by atoms with Crippen LogP contribution in [-0.4, -0.2) is 30.0 Å². The Hall–Kier alpha value is -0.580. The highest BCUT2D eigenvalue weighted by Gasteiger charge is 2.73. The Morgan fingerprint density at radius 1 is 1.67 bits per heavy atom. The van der Waals surface area contributed by atoms with Crippen molar-refractivity contribution in [2.24, 2.45) is 17.3 Å². The maximum Gasteiger partial charge on any atom is 0.324 e. The molecule has 3 rings (SSSR count). The van der Waals surface area contributed by atoms with E-state index in [1.165, 1.54) is 7.11 Å². The fraction of sp³-hybridized carbons (Fsp3) is 0.800. The van der Waals surface area contributed by atoms with Crippen LogP contribution in [0.4, 0.5) is 0 Å². The van der Waals surface area contributed by atoms with E-state index in [9.17, 15) is 9.59 Å². The minimum Gasteiger partial charge on any atom is -0.468 e. The molecule has 0 aromatic heterocycles. The summed E-state index contributed by atoms with van der Waals surface area (Å²) in [7, 11) is 1.33. The Morgan fingerprint density at radius 2 is 2.40 bits per heavy atom. The largest absolute Gasteiger partial charge is 0.468 e. The van der Waals surface area contributed by atoms with E-state index >= 15 is 0 Å². The molecule has 0 amide bonds. The first-order valence-corrected chi connectivity index (χ1v) is 5.96. The molecular weight excluding hydrogens is 264 g/mol. The monoisotopic (exact) mass is 274 g/mol. The predicted molar refractivity (Wildman–Crippen MR) is 53.3 cm³/mol. The fourth-order valence-corrected chi connectivity index (χ4v) is 4.31. The lowest BCUT2D eigenvalue weighted by Crippen LogP contribution is -2.42. The third-order valence-electron chi connectivity index (χ3n) is 4.09. The summed E-state index contributed by atoms with van der Waals surface area (Å²) in [4.78, 5) is 23.8. The first kappa shape index (κ1) is 9.63. The number of fused-ring (bicyclic) bond motifs is 1. The number of methoxy groups -OCH3 is 1. The van der Waals surface area contributed by atoms with Crippen molar-refractivity contribution < 1.29 is 19.1 Å². The van der Waals surface area contributed by atoms with Crippen LogP contribution in [0.1, 0.15) is 12.8 Å². The molecule has 5 unspecified atom stereocenters. The summed E-state index contributed by atoms with van der Waals surface area (Å²) < 4.78 is 10.0. The van der Waals surface area contributed by atoms with Gasteiger partial charge < -0.3 is 9.47 Å². The van der Waals surface area contributed by atoms with E-state index in [0.717, 1.165) is 6.42 Å². The topological polar surface area (TPSA) is 52.6 Å². The van der Waals surface area contributed by atoms with E-state index in [1.54, 1.807) is 0 Å². The maximum atomic E-state index is 11.8. The molecular formula is C10H11BrO4. The molecule has 0 aromatic rings. The number of ether oxygens (including phenoxy) is 2. The van der Waals surface area contributed by atoms with Crippen molar-refractivity contribution in [2.45, 2.75) is 23.8 Å². The average molecular weight is 275 g/mol. The van der Waals surface area contributed by atoms with Gasteiger partial charge >= 0.3 is 11.9 Å². The zero-order valence-electron chi connectivity index (χ0n) is 8.23. The summed E-state index contributed by atoms with van der Waals surface area (Å²) in [5.41, 5.74) is -0.978. The summed E-state index contributed by atoms with van der Waals surface area (Å²) >= 11 is 3.54. The second kappa shape index (κ2) is 2.75. The smallest absolute Gasteiger partial charge is 0.324 e. The molecule has 3 aliphatic rings. The van der Waals surface area contributed by atoms with Gasteiger partial charge in [0.25, 0.3) is 0 Å². The molecule has 3 fully saturated rings. The molecule has 82 valence electrons. The van der Waals surface area contributed by atoms with Crippen molar-refractivity contribution in [3.63, 3.8) is 0 Å². The molecule has 1 aliphatic heterocycles. The highest BCUT2D eigenvalue weighted by atomic mass is 79.9. The van der Waals surface area contributed by atoms with E-state index in [4.69, 9.17) is 9.47 Å². The van der Waals surface area contributed by atoms with E-state index < -0.39 is 11.4 Å². The lowest BCUT2D eigenvalue weighted by atomic mass is 9.74. The van der Waals surface area contributed by atoms with Crippen molar-refractivity contribution in [1.29, 1.82) is 0 Å². The summed E-state index contributed by atoms with van der Waals surface area (Å²) in [6.45, 7) is 0. The molecule has 2 aliphatic carbocycles. The zero-order chi connectivity index (χ0) is 10.8. The van der Waals surface area contributed by atoms with Gasteiger partial charge in [-0.1, -0.05) is 15.9 Å². The van der Waals surface area contributed by atoms with Gasteiger partial charge in [0.15, 0.2) is 5.41 Å². The molecule has 1 heterocycles. The van der Waals surface area contributed by atoms with Gasteiger partial charge in [0, 0.05) is 5.92 Å². The Kier molecular flexibility index (Phi) is 1.77. The zero-order valence-corrected chi connectivity index (χ0v) is 9.82. The molecule has 2 saturated carbocycles. The second-order valence-corrected chi connectivity index (χ2v) is 5.64. The summed E-state index contributed by atoms with van der Waals surface area (Å²) in [6.07, 6.45) is 1.34. The van der Waals surface area contributed by atoms with Crippen LogP contribution < -0.4 is 0 Å². The Balaban J connectivity index is 2.06. The standard InChI is InChI=1S/C10H11BrO4/c1-14-8(12)10-3-4-2-5(10)7(6(4)11)15-9(10)13/h4-7H,2-3H2,1H3. The molecule has 4 nitrogen and oxygen atoms in total. The minimum absolute atomic E-state index is 0.0202. The number of hydrogen-bond acceptors (Lipinski definition) is 4. The van der Waals surface area contributed by atoms with Crippen LogP contribution in [0.3, 0.4) is 0 Å². The Morgan fingerprint density at radius 3 is 3.00 bits per heavy atom. The number of alkyl halides is 1. The third-order valence-corrected chi connectivity index (χ3v) is 5.36. The van der Waals surface area contributed by atoms with Crippen LogP contribution in [0.25, 0.3) is 0 Å². The summed E-state index contributed by atoms with van der Waals surface area (Å²) in [5, 5.41) is 0. The summed E-state index contributed by atoms with van der Waals surface area (Å²) in [6, 6.07) is 0. The highest BCUT2D eigenvalue weighted by Crippen LogP contribution is 2.63. The first-order valence-electron chi connectivity index (χ1n) is 5.05. The van der Waals surface area contributed by atoms with Crippen molar-refractivity contribution in [1.82, 2.24) is 0 Å². The number of rotatable bonds is 1. The molecule has 5 atom stereocenters. The van der Waals surface area contributed by atoms with Gasteiger partial charge in [-0.3, -0.25) is 9.59 Å². The molecule has 0 N–H and O–H groups in total. The highest BCUT2D eigenvalue weighted by molar-refractivity contribution is 9.09. The van der Waals surface area contributed by atoms with Crippen LogP contribution >= 0.6 is 15.9 Å². The van der Waals surface area contributed by atoms with Gasteiger partial charge in [-0.15, -0.1) is 0 Å². The predicted octanol–water partition coefficient (Wildman–Crippen LogP) is 0.874. The van der Waals surface area contributed by atoms with Crippen LogP contribution in [0, 0.1) is 17.3 Å². The Bertz CT molecular complexity index is 355. The van der Waals surface area contributed by atoms with Gasteiger partial charge in [0.1, 0.15) is 6.10 Å². The van der Waals surface area contributed by atoms with Crippen molar-refractivity contribution >= 4 is 27.9 Å². The number of esters is 2. The number of halogens is 1. The summed E-state index contributed by atoms with van der Waals surface area (Å²) in [5.74, 6) is -0.409. The van der Waals surface area contributed by atoms with Crippen molar-refractivity contribution in [3.8, 4) is 0 Å². The molecule has 15 heavy (non-hydrogen) atoms. The molecule has 0 spiro atoms. The van der Waals surface area contributed by atoms with Crippen LogP contribution in [0.2, 0.25) is 0 Å². The lowest BCUT2D eigenvalue weighted by Gasteiger charge is -2.27. The van der Waals surface area contributed by atoms with Gasteiger partial charge in [-0.2, -0.15) is 0 Å². The van der Waals surface area contributed by atoms with Crippen molar-refractivity contribution in [3.05, 3.63) is 0 Å². The number of hydrogen-bond donors (Lipinski definition) is 0. The maximum absolute atomic E-state index is 11.8. The molecule has 1 saturated heterocycles. The molecule has 0 radical (unpaired) electrons. The van der Waals surface area contributed by atoms with Crippen LogP contribution in [-0.2, 0) is 19.1 Å². The molecule has 0 aromatic carbocycles. The van der Waals surface area contributed by atoms with Crippen LogP contribution in [0.15, 0.2) is 0 Å². The normalized spacial score (nSPS) is 50.7. The first-order chi connectivity index (χ1) is 7.11. The molecule has 2 bridgehead atoms. The second-order valence-electron chi connectivity index (χ2n) is 4.58. The number of carbonyl (C=O) groups is 2. The van der Waals surface area contributed by atoms with E-state index in [1.807, 2.05) is 0 Å². The number of carbonyl (C=O) groups excluding carboxylic acids is 2. The van der Waals surface area contributed by atoms with Crippen molar-refractivity contribution in [2.75, 3.05) is 7.11 Å². The Labute approximate surface area is 95.4 Å². The van der Waals surface area contributed by atoms with E-state index in [2.05, 4.69) is 15.9 Å². The SMILES string of the molecule is COC(=O)C12CC3CC1C(OC2=O)C3Br. The van der Waals surface area contributed by atoms with E-state index in [-0.39, 0.29) is 22.8 Å². The van der Waals surface area contributed by atoms with Gasteiger partial charge in [0.05, 0.1) is 11.9 Å². The lowest BCUT2D eigenvalue weighted by molar-refractivity contribution is -0.163. The molecule has 5 heteroatoms. The van der Waals surface area contributed by atoms with E-state index in [0.29, 0.717) is 12.3 Å². The quantitative estimate of drug-likeness (QED) is 0.405. The minimum atomic E-state index is -0.978. The average Bonchev–Trinajstić information content (AvgIpc) is 2.80. The van der Waals surface area contributed by atoms with Gasteiger partial charge in [-0.05, 0) is 18.8 Å². The third kappa shape index (κ3) is 0.887. The van der Waals surface area contributed by atoms with Gasteiger partial charge in [0.2, 0.25) is 0 Å². The van der Waals surface area contributed by atoms with Crippen LogP contribution in [0.5, 0.6) is 0 Å².